The van der Waals surface area contributed by atoms with Crippen LogP contribution in [0, 0.1) is 18.8 Å². The Morgan fingerprint density at radius 3 is 2.22 bits per heavy atom. The van der Waals surface area contributed by atoms with Crippen LogP contribution < -0.4 is 5.32 Å². The molecule has 0 radical (unpaired) electrons. The fourth-order valence-electron chi connectivity index (χ4n) is 4.99. The van der Waals surface area contributed by atoms with Crippen LogP contribution in [0.4, 0.5) is 32.0 Å². The lowest BCUT2D eigenvalue weighted by Crippen LogP contribution is -2.35. The second-order valence-corrected chi connectivity index (χ2v) is 9.90. The highest BCUT2D eigenvalue weighted by Crippen LogP contribution is 2.38. The molecule has 1 N–H and O–H groups in total. The second kappa shape index (κ2) is 10.1. The molecule has 2 atom stereocenters. The maximum Gasteiger partial charge on any atom is 0.417 e. The highest BCUT2D eigenvalue weighted by atomic mass is 35.5. The van der Waals surface area contributed by atoms with Crippen LogP contribution in [0.1, 0.15) is 33.5 Å². The molecule has 4 rings (SSSR count). The van der Waals surface area contributed by atoms with Gasteiger partial charge in [0.1, 0.15) is 0 Å². The second-order valence-electron chi connectivity index (χ2n) is 9.49. The van der Waals surface area contributed by atoms with Gasteiger partial charge in [0.25, 0.3) is 5.91 Å². The molecule has 2 saturated heterocycles. The molecular formula is C25H26ClF6N3O. The number of likely N-dealkylation sites (tertiary alicyclic amines) is 2. The number of nitrogens with zero attached hydrogens (tertiary/aromatic N) is 2. The maximum absolute atomic E-state index is 13.4. The van der Waals surface area contributed by atoms with Crippen molar-refractivity contribution in [3.63, 3.8) is 0 Å². The van der Waals surface area contributed by atoms with Gasteiger partial charge in [0, 0.05) is 43.4 Å². The van der Waals surface area contributed by atoms with E-state index < -0.39 is 35.0 Å². The summed E-state index contributed by atoms with van der Waals surface area (Å²) in [4.78, 5) is 16.4. The number of hydrogen-bond donors (Lipinski definition) is 1. The summed E-state index contributed by atoms with van der Waals surface area (Å²) in [6.45, 7) is 5.34. The number of halogens is 7. The van der Waals surface area contributed by atoms with Gasteiger partial charge in [0.15, 0.2) is 0 Å². The van der Waals surface area contributed by atoms with Crippen LogP contribution >= 0.6 is 11.6 Å². The molecule has 2 aromatic rings. The van der Waals surface area contributed by atoms with Crippen LogP contribution in [0.5, 0.6) is 0 Å². The van der Waals surface area contributed by atoms with Gasteiger partial charge in [-0.3, -0.25) is 4.79 Å². The normalized spacial score (nSPS) is 20.6. The van der Waals surface area contributed by atoms with Gasteiger partial charge >= 0.3 is 12.4 Å². The molecule has 11 heteroatoms. The van der Waals surface area contributed by atoms with Crippen LogP contribution in [0.25, 0.3) is 0 Å². The van der Waals surface area contributed by atoms with Gasteiger partial charge in [-0.05, 0) is 67.6 Å². The number of aryl methyl sites for hydroxylation is 1. The SMILES string of the molecule is Cc1ccc(NCCCN2CC3CN(C(=O)c4cc(C(F)(F)F)ccc4C(F)(F)F)CC3C2)cc1Cl. The van der Waals surface area contributed by atoms with Crippen LogP contribution in [0.2, 0.25) is 5.02 Å². The maximum atomic E-state index is 13.4. The lowest BCUT2D eigenvalue weighted by atomic mass is 10.0. The minimum Gasteiger partial charge on any atom is -0.385 e. The van der Waals surface area contributed by atoms with Crippen molar-refractivity contribution in [3.8, 4) is 0 Å². The summed E-state index contributed by atoms with van der Waals surface area (Å²) in [5.74, 6) is -0.841. The third-order valence-electron chi connectivity index (χ3n) is 6.88. The number of carbonyl (C=O) groups excluding carboxylic acids is 1. The molecule has 0 bridgehead atoms. The number of nitrogens with one attached hydrogen (secondary N) is 1. The number of fused-ring (bicyclic) bond motifs is 1. The lowest BCUT2D eigenvalue weighted by Gasteiger charge is -2.23. The highest BCUT2D eigenvalue weighted by Gasteiger charge is 2.44. The van der Waals surface area contributed by atoms with E-state index in [1.54, 1.807) is 0 Å². The number of benzene rings is 2. The molecule has 36 heavy (non-hydrogen) atoms. The number of rotatable bonds is 6. The van der Waals surface area contributed by atoms with Crippen LogP contribution in [0.15, 0.2) is 36.4 Å². The molecule has 196 valence electrons. The Morgan fingerprint density at radius 1 is 0.972 bits per heavy atom. The summed E-state index contributed by atoms with van der Waals surface area (Å²) in [6, 6.07) is 6.79. The van der Waals surface area contributed by atoms with E-state index in [2.05, 4.69) is 10.2 Å². The van der Waals surface area contributed by atoms with Crippen LogP contribution in [0.3, 0.4) is 0 Å². The van der Waals surface area contributed by atoms with E-state index in [-0.39, 0.29) is 24.9 Å². The van der Waals surface area contributed by atoms with Gasteiger partial charge in [-0.1, -0.05) is 17.7 Å². The molecule has 1 amide bonds. The van der Waals surface area contributed by atoms with E-state index in [1.807, 2.05) is 25.1 Å². The molecule has 2 heterocycles. The zero-order valence-electron chi connectivity index (χ0n) is 19.5. The quantitative estimate of drug-likeness (QED) is 0.355. The molecule has 2 unspecified atom stereocenters. The molecule has 4 nitrogen and oxygen atoms in total. The van der Waals surface area contributed by atoms with Crippen molar-refractivity contribution in [1.82, 2.24) is 9.80 Å². The summed E-state index contributed by atoms with van der Waals surface area (Å²) >= 11 is 6.13. The Balaban J connectivity index is 1.32. The molecule has 0 spiro atoms. The Kier molecular flexibility index (Phi) is 7.48. The first kappa shape index (κ1) is 26.6. The molecule has 0 aliphatic carbocycles. The highest BCUT2D eigenvalue weighted by molar-refractivity contribution is 6.31. The molecule has 2 aliphatic heterocycles. The zero-order chi connectivity index (χ0) is 26.3. The van der Waals surface area contributed by atoms with Crippen molar-refractivity contribution >= 4 is 23.2 Å². The summed E-state index contributed by atoms with van der Waals surface area (Å²) in [6.07, 6.45) is -8.91. The molecule has 0 aromatic heterocycles. The van der Waals surface area contributed by atoms with Gasteiger partial charge in [0.05, 0.1) is 16.7 Å². The van der Waals surface area contributed by atoms with Gasteiger partial charge < -0.3 is 15.1 Å². The van der Waals surface area contributed by atoms with E-state index in [0.29, 0.717) is 36.3 Å². The Morgan fingerprint density at radius 2 is 1.64 bits per heavy atom. The first-order valence-corrected chi connectivity index (χ1v) is 12.0. The first-order chi connectivity index (χ1) is 16.8. The predicted molar refractivity (Wildman–Crippen MR) is 125 cm³/mol. The van der Waals surface area contributed by atoms with Crippen LogP contribution in [-0.2, 0) is 12.4 Å². The average molecular weight is 534 g/mol. The monoisotopic (exact) mass is 533 g/mol. The van der Waals surface area contributed by atoms with E-state index in [9.17, 15) is 31.1 Å². The number of anilines is 1. The Hall–Kier alpha value is -2.46. The standard InChI is InChI=1S/C25H26ClF6N3O/c1-15-3-5-19(10-22(15)26)33-7-2-8-34-11-16-13-35(14-17(16)12-34)23(36)20-9-18(24(27,28)29)4-6-21(20)25(30,31)32/h3-6,9-10,16-17,33H,2,7-8,11-14H2,1H3. The number of hydrogen-bond acceptors (Lipinski definition) is 3. The Labute approximate surface area is 210 Å². The smallest absolute Gasteiger partial charge is 0.385 e. The number of amides is 1. The minimum atomic E-state index is -4.93. The van der Waals surface area contributed by atoms with Crippen molar-refractivity contribution in [2.45, 2.75) is 25.7 Å². The largest absolute Gasteiger partial charge is 0.417 e. The number of alkyl halides is 6. The summed E-state index contributed by atoms with van der Waals surface area (Å²) in [7, 11) is 0. The third kappa shape index (κ3) is 5.91. The third-order valence-corrected chi connectivity index (χ3v) is 7.29. The van der Waals surface area contributed by atoms with Crippen LogP contribution in [-0.4, -0.2) is 55.0 Å². The molecule has 2 fully saturated rings. The first-order valence-electron chi connectivity index (χ1n) is 11.6. The van der Waals surface area contributed by atoms with Crippen molar-refractivity contribution in [2.24, 2.45) is 11.8 Å². The van der Waals surface area contributed by atoms with Crippen molar-refractivity contribution in [3.05, 3.63) is 63.7 Å². The lowest BCUT2D eigenvalue weighted by molar-refractivity contribution is -0.141. The summed E-state index contributed by atoms with van der Waals surface area (Å²) < 4.78 is 79.6. The molecule has 2 aromatic carbocycles. The van der Waals surface area contributed by atoms with E-state index in [4.69, 9.17) is 11.6 Å². The van der Waals surface area contributed by atoms with Gasteiger partial charge in [0.2, 0.25) is 0 Å². The Bertz CT molecular complexity index is 1110. The van der Waals surface area contributed by atoms with E-state index in [1.165, 1.54) is 4.90 Å². The molecule has 0 saturated carbocycles. The van der Waals surface area contributed by atoms with Crippen molar-refractivity contribution < 1.29 is 31.1 Å². The van der Waals surface area contributed by atoms with Gasteiger partial charge in [-0.2, -0.15) is 26.3 Å². The van der Waals surface area contributed by atoms with Crippen molar-refractivity contribution in [2.75, 3.05) is 44.6 Å². The van der Waals surface area contributed by atoms with Gasteiger partial charge in [-0.25, -0.2) is 0 Å². The average Bonchev–Trinajstić information content (AvgIpc) is 3.36. The minimum absolute atomic E-state index is 0.0814. The molecular weight excluding hydrogens is 508 g/mol. The summed E-state index contributed by atoms with van der Waals surface area (Å²) in [5, 5.41) is 4.02. The van der Waals surface area contributed by atoms with Gasteiger partial charge in [-0.15, -0.1) is 0 Å². The van der Waals surface area contributed by atoms with E-state index >= 15 is 0 Å². The topological polar surface area (TPSA) is 35.6 Å². The fourth-order valence-corrected chi connectivity index (χ4v) is 5.17. The summed E-state index contributed by atoms with van der Waals surface area (Å²) in [5.41, 5.74) is -1.63. The predicted octanol–water partition coefficient (Wildman–Crippen LogP) is 6.19. The fraction of sp³-hybridized carbons (Fsp3) is 0.480. The zero-order valence-corrected chi connectivity index (χ0v) is 20.3. The molecule has 2 aliphatic rings. The van der Waals surface area contributed by atoms with E-state index in [0.717, 1.165) is 30.8 Å². The number of carbonyl (C=O) groups is 1. The van der Waals surface area contributed by atoms with Crippen molar-refractivity contribution in [1.29, 1.82) is 0 Å².